The summed E-state index contributed by atoms with van der Waals surface area (Å²) in [6.45, 7) is 2.06. The molecule has 0 saturated heterocycles. The summed E-state index contributed by atoms with van der Waals surface area (Å²) < 4.78 is 32.4. The molecule has 0 amide bonds. The lowest BCUT2D eigenvalue weighted by molar-refractivity contribution is 0.561. The van der Waals surface area contributed by atoms with Crippen LogP contribution in [0.15, 0.2) is 50.6 Å². The highest BCUT2D eigenvalue weighted by Crippen LogP contribution is 2.20. The quantitative estimate of drug-likeness (QED) is 0.938. The summed E-state index contributed by atoms with van der Waals surface area (Å²) in [4.78, 5) is 0.256. The van der Waals surface area contributed by atoms with Crippen LogP contribution >= 0.6 is 15.9 Å². The average molecular weight is 330 g/mol. The van der Waals surface area contributed by atoms with E-state index in [1.807, 2.05) is 6.92 Å². The van der Waals surface area contributed by atoms with Crippen LogP contribution in [0.3, 0.4) is 0 Å². The van der Waals surface area contributed by atoms with Gasteiger partial charge in [-0.2, -0.15) is 0 Å². The van der Waals surface area contributed by atoms with E-state index >= 15 is 0 Å². The van der Waals surface area contributed by atoms with Crippen molar-refractivity contribution in [3.8, 4) is 0 Å². The van der Waals surface area contributed by atoms with E-state index in [-0.39, 0.29) is 11.4 Å². The van der Waals surface area contributed by atoms with Crippen molar-refractivity contribution in [2.24, 2.45) is 0 Å². The van der Waals surface area contributed by atoms with E-state index in [4.69, 9.17) is 4.42 Å². The molecule has 0 aliphatic rings. The van der Waals surface area contributed by atoms with Gasteiger partial charge in [-0.15, -0.1) is 0 Å². The van der Waals surface area contributed by atoms with Gasteiger partial charge in [0.05, 0.1) is 17.4 Å². The number of benzene rings is 1. The van der Waals surface area contributed by atoms with Crippen LogP contribution in [0.2, 0.25) is 0 Å². The van der Waals surface area contributed by atoms with Gasteiger partial charge < -0.3 is 4.42 Å². The molecule has 0 bridgehead atoms. The zero-order valence-corrected chi connectivity index (χ0v) is 12.1. The Morgan fingerprint density at radius 1 is 1.33 bits per heavy atom. The number of hydrogen-bond donors (Lipinski definition) is 1. The minimum Gasteiger partial charge on any atom is -0.472 e. The van der Waals surface area contributed by atoms with Crippen LogP contribution in [-0.4, -0.2) is 8.42 Å². The fourth-order valence-electron chi connectivity index (χ4n) is 1.44. The van der Waals surface area contributed by atoms with E-state index in [1.54, 1.807) is 24.3 Å². The first-order valence-electron chi connectivity index (χ1n) is 5.26. The highest BCUT2D eigenvalue weighted by Gasteiger charge is 2.14. The van der Waals surface area contributed by atoms with Crippen LogP contribution in [0.25, 0.3) is 0 Å². The minimum atomic E-state index is -3.49. The number of hydrogen-bond acceptors (Lipinski definition) is 3. The van der Waals surface area contributed by atoms with E-state index in [0.717, 1.165) is 15.6 Å². The summed E-state index contributed by atoms with van der Waals surface area (Å²) in [5.74, 6) is 0. The molecule has 0 unspecified atom stereocenters. The number of sulfonamides is 1. The normalized spacial score (nSPS) is 11.7. The maximum Gasteiger partial charge on any atom is 0.240 e. The lowest BCUT2D eigenvalue weighted by Gasteiger charge is -2.07. The van der Waals surface area contributed by atoms with Crippen LogP contribution in [0.5, 0.6) is 0 Å². The second kappa shape index (κ2) is 5.26. The fourth-order valence-corrected chi connectivity index (χ4v) is 2.79. The molecule has 0 radical (unpaired) electrons. The molecule has 4 nitrogen and oxygen atoms in total. The smallest absolute Gasteiger partial charge is 0.240 e. The lowest BCUT2D eigenvalue weighted by atomic mass is 10.2. The average Bonchev–Trinajstić information content (AvgIpc) is 2.83. The fraction of sp³-hybridized carbons (Fsp3) is 0.167. The third-order valence-electron chi connectivity index (χ3n) is 2.49. The first-order valence-corrected chi connectivity index (χ1v) is 7.53. The molecule has 2 rings (SSSR count). The molecule has 18 heavy (non-hydrogen) atoms. The molecular formula is C12H12BrNO3S. The maximum atomic E-state index is 12.0. The lowest BCUT2D eigenvalue weighted by Crippen LogP contribution is -2.23. The van der Waals surface area contributed by atoms with Gasteiger partial charge in [-0.05, 0) is 36.8 Å². The summed E-state index contributed by atoms with van der Waals surface area (Å²) in [5.41, 5.74) is 1.66. The van der Waals surface area contributed by atoms with Crippen molar-refractivity contribution in [1.82, 2.24) is 4.72 Å². The van der Waals surface area contributed by atoms with Gasteiger partial charge in [0.15, 0.2) is 0 Å². The van der Waals surface area contributed by atoms with Gasteiger partial charge in [-0.1, -0.05) is 15.9 Å². The zero-order valence-electron chi connectivity index (χ0n) is 9.68. The van der Waals surface area contributed by atoms with Crippen LogP contribution < -0.4 is 4.72 Å². The summed E-state index contributed by atoms with van der Waals surface area (Å²) in [7, 11) is -3.49. The van der Waals surface area contributed by atoms with Gasteiger partial charge in [0.25, 0.3) is 0 Å². The molecule has 0 fully saturated rings. The topological polar surface area (TPSA) is 59.3 Å². The number of furan rings is 1. The molecule has 2 aromatic rings. The molecule has 1 heterocycles. The van der Waals surface area contributed by atoms with Crippen molar-refractivity contribution in [2.45, 2.75) is 18.4 Å². The first kappa shape index (κ1) is 13.3. The Hall–Kier alpha value is -1.11. The molecular weight excluding hydrogens is 318 g/mol. The van der Waals surface area contributed by atoms with Crippen molar-refractivity contribution in [3.63, 3.8) is 0 Å². The van der Waals surface area contributed by atoms with Crippen molar-refractivity contribution in [1.29, 1.82) is 0 Å². The Kier molecular flexibility index (Phi) is 3.89. The summed E-state index contributed by atoms with van der Waals surface area (Å²) in [5, 5.41) is 0. The second-order valence-corrected chi connectivity index (χ2v) is 6.49. The Labute approximate surface area is 114 Å². The van der Waals surface area contributed by atoms with Crippen LogP contribution in [0, 0.1) is 6.92 Å². The summed E-state index contributed by atoms with van der Waals surface area (Å²) >= 11 is 3.34. The van der Waals surface area contributed by atoms with E-state index in [9.17, 15) is 8.42 Å². The Morgan fingerprint density at radius 3 is 2.72 bits per heavy atom. The molecule has 0 aliphatic heterocycles. The van der Waals surface area contributed by atoms with Crippen LogP contribution in [-0.2, 0) is 16.6 Å². The molecule has 0 saturated carbocycles. The number of halogens is 1. The van der Waals surface area contributed by atoms with Crippen molar-refractivity contribution < 1.29 is 12.8 Å². The van der Waals surface area contributed by atoms with Gasteiger partial charge in [0, 0.05) is 16.6 Å². The Morgan fingerprint density at radius 2 is 2.11 bits per heavy atom. The third kappa shape index (κ3) is 3.01. The molecule has 0 atom stereocenters. The predicted molar refractivity (Wildman–Crippen MR) is 71.6 cm³/mol. The highest BCUT2D eigenvalue weighted by atomic mass is 79.9. The summed E-state index contributed by atoms with van der Waals surface area (Å²) in [6, 6.07) is 6.63. The van der Waals surface area contributed by atoms with E-state index in [1.165, 1.54) is 12.5 Å². The SMILES string of the molecule is Cc1cc(S(=O)(=O)NCc2ccoc2)ccc1Br. The number of nitrogens with one attached hydrogen (secondary N) is 1. The second-order valence-electron chi connectivity index (χ2n) is 3.87. The number of aryl methyl sites for hydroxylation is 1. The predicted octanol–water partition coefficient (Wildman–Crippen LogP) is 2.83. The molecule has 6 heteroatoms. The van der Waals surface area contributed by atoms with Gasteiger partial charge in [-0.3, -0.25) is 0 Å². The van der Waals surface area contributed by atoms with Gasteiger partial charge >= 0.3 is 0 Å². The Bertz CT molecular complexity index is 635. The van der Waals surface area contributed by atoms with E-state index in [2.05, 4.69) is 20.7 Å². The molecule has 96 valence electrons. The highest BCUT2D eigenvalue weighted by molar-refractivity contribution is 9.10. The van der Waals surface area contributed by atoms with Gasteiger partial charge in [0.1, 0.15) is 0 Å². The summed E-state index contributed by atoms with van der Waals surface area (Å²) in [6.07, 6.45) is 3.02. The first-order chi connectivity index (χ1) is 8.49. The van der Waals surface area contributed by atoms with Crippen LogP contribution in [0.4, 0.5) is 0 Å². The van der Waals surface area contributed by atoms with Gasteiger partial charge in [-0.25, -0.2) is 13.1 Å². The van der Waals surface area contributed by atoms with Crippen molar-refractivity contribution in [2.75, 3.05) is 0 Å². The maximum absolute atomic E-state index is 12.0. The van der Waals surface area contributed by atoms with Crippen LogP contribution in [0.1, 0.15) is 11.1 Å². The van der Waals surface area contributed by atoms with Crippen molar-refractivity contribution >= 4 is 26.0 Å². The molecule has 0 aliphatic carbocycles. The van der Waals surface area contributed by atoms with Crippen molar-refractivity contribution in [3.05, 3.63) is 52.4 Å². The Balaban J connectivity index is 2.17. The number of rotatable bonds is 4. The van der Waals surface area contributed by atoms with E-state index in [0.29, 0.717) is 0 Å². The largest absolute Gasteiger partial charge is 0.472 e. The third-order valence-corrected chi connectivity index (χ3v) is 4.77. The molecule has 0 spiro atoms. The standard InChI is InChI=1S/C12H12BrNO3S/c1-9-6-11(2-3-12(9)13)18(15,16)14-7-10-4-5-17-8-10/h2-6,8,14H,7H2,1H3. The molecule has 1 N–H and O–H groups in total. The monoisotopic (exact) mass is 329 g/mol. The zero-order chi connectivity index (χ0) is 13.2. The molecule has 1 aromatic heterocycles. The van der Waals surface area contributed by atoms with Gasteiger partial charge in [0.2, 0.25) is 10.0 Å². The van der Waals surface area contributed by atoms with E-state index < -0.39 is 10.0 Å². The molecule has 1 aromatic carbocycles. The minimum absolute atomic E-state index is 0.216.